The minimum Gasteiger partial charge on any atom is -0.374 e. The summed E-state index contributed by atoms with van der Waals surface area (Å²) in [5.74, 6) is -0.987. The standard InChI is InChI=1S/C26H20ClF6N3O3/c1-2-34-22(37)13-35-23(38)20-8-7-19(17-5-3-4-6-18(17)20)21-12-24(39-36-21,26(31,32)33)14-9-15(25(28,29)30)11-16(27)10-14/h3-11H,2,12-13H2,1H3,(H,34,37)(H,35,38). The summed E-state index contributed by atoms with van der Waals surface area (Å²) in [5.41, 5.74) is -5.28. The maximum atomic E-state index is 14.4. The summed E-state index contributed by atoms with van der Waals surface area (Å²) in [6, 6.07) is 10.7. The Morgan fingerprint density at radius 2 is 1.69 bits per heavy atom. The molecule has 2 amide bonds. The normalized spacial score (nSPS) is 17.5. The van der Waals surface area contributed by atoms with E-state index < -0.39 is 52.3 Å². The number of nitrogens with one attached hydrogen (secondary N) is 2. The van der Waals surface area contributed by atoms with Gasteiger partial charge in [-0.1, -0.05) is 47.1 Å². The van der Waals surface area contributed by atoms with Crippen LogP contribution in [0.3, 0.4) is 0 Å². The first kappa shape index (κ1) is 28.2. The SMILES string of the molecule is CCNC(=O)CNC(=O)c1ccc(C2=NOC(c3cc(Cl)cc(C(F)(F)F)c3)(C(F)(F)F)C2)c2ccccc12. The van der Waals surface area contributed by atoms with Gasteiger partial charge in [0.25, 0.3) is 11.5 Å². The van der Waals surface area contributed by atoms with Crippen molar-refractivity contribution in [1.29, 1.82) is 0 Å². The zero-order valence-electron chi connectivity index (χ0n) is 20.1. The van der Waals surface area contributed by atoms with Crippen LogP contribution >= 0.6 is 11.6 Å². The molecule has 1 atom stereocenters. The van der Waals surface area contributed by atoms with Crippen molar-refractivity contribution in [3.05, 3.63) is 81.9 Å². The maximum absolute atomic E-state index is 14.4. The van der Waals surface area contributed by atoms with Gasteiger partial charge in [0, 0.05) is 34.7 Å². The number of fused-ring (bicyclic) bond motifs is 1. The molecule has 206 valence electrons. The summed E-state index contributed by atoms with van der Waals surface area (Å²) in [6.07, 6.45) is -11.1. The highest BCUT2D eigenvalue weighted by Crippen LogP contribution is 2.50. The number of amides is 2. The predicted octanol–water partition coefficient (Wildman–Crippen LogP) is 5.96. The van der Waals surface area contributed by atoms with E-state index >= 15 is 0 Å². The highest BCUT2D eigenvalue weighted by Gasteiger charge is 2.62. The third-order valence-corrected chi connectivity index (χ3v) is 6.36. The lowest BCUT2D eigenvalue weighted by atomic mass is 9.84. The molecule has 1 aliphatic rings. The monoisotopic (exact) mass is 571 g/mol. The van der Waals surface area contributed by atoms with Crippen LogP contribution in [0.2, 0.25) is 5.02 Å². The van der Waals surface area contributed by atoms with Gasteiger partial charge in [-0.15, -0.1) is 0 Å². The minimum atomic E-state index is -5.17. The highest BCUT2D eigenvalue weighted by molar-refractivity contribution is 6.30. The van der Waals surface area contributed by atoms with Crippen LogP contribution in [0, 0.1) is 0 Å². The smallest absolute Gasteiger partial charge is 0.374 e. The number of alkyl halides is 6. The van der Waals surface area contributed by atoms with Crippen LogP contribution in [0.4, 0.5) is 26.3 Å². The Morgan fingerprint density at radius 1 is 1.00 bits per heavy atom. The number of oxime groups is 1. The molecule has 13 heteroatoms. The molecule has 0 saturated carbocycles. The first-order chi connectivity index (χ1) is 18.3. The van der Waals surface area contributed by atoms with Crippen LogP contribution < -0.4 is 10.6 Å². The summed E-state index contributed by atoms with van der Waals surface area (Å²) in [5, 5.41) is 8.83. The van der Waals surface area contributed by atoms with Crippen molar-refractivity contribution < 1.29 is 40.8 Å². The number of benzene rings is 3. The van der Waals surface area contributed by atoms with Gasteiger partial charge < -0.3 is 15.5 Å². The predicted molar refractivity (Wildman–Crippen MR) is 131 cm³/mol. The maximum Gasteiger partial charge on any atom is 0.435 e. The van der Waals surface area contributed by atoms with Crippen LogP contribution in [0.15, 0.2) is 59.8 Å². The van der Waals surface area contributed by atoms with Crippen molar-refractivity contribution in [2.75, 3.05) is 13.1 Å². The quantitative estimate of drug-likeness (QED) is 0.358. The molecule has 0 saturated heterocycles. The molecule has 1 aliphatic heterocycles. The number of rotatable bonds is 6. The molecule has 1 heterocycles. The van der Waals surface area contributed by atoms with Crippen LogP contribution in [0.5, 0.6) is 0 Å². The first-order valence-electron chi connectivity index (χ1n) is 11.5. The van der Waals surface area contributed by atoms with Gasteiger partial charge in [0.05, 0.1) is 17.8 Å². The molecule has 0 radical (unpaired) electrons. The topological polar surface area (TPSA) is 79.8 Å². The molecule has 0 spiro atoms. The van der Waals surface area contributed by atoms with Crippen molar-refractivity contribution in [3.8, 4) is 0 Å². The zero-order valence-corrected chi connectivity index (χ0v) is 20.9. The van der Waals surface area contributed by atoms with E-state index in [2.05, 4.69) is 15.8 Å². The van der Waals surface area contributed by atoms with E-state index in [4.69, 9.17) is 16.4 Å². The van der Waals surface area contributed by atoms with Gasteiger partial charge in [-0.25, -0.2) is 0 Å². The lowest BCUT2D eigenvalue weighted by Gasteiger charge is -2.30. The lowest BCUT2D eigenvalue weighted by Crippen LogP contribution is -2.43. The Morgan fingerprint density at radius 3 is 2.33 bits per heavy atom. The molecule has 4 rings (SSSR count). The van der Waals surface area contributed by atoms with Crippen molar-refractivity contribution in [2.45, 2.75) is 31.3 Å². The number of halogens is 7. The summed E-state index contributed by atoms with van der Waals surface area (Å²) in [6.45, 7) is 1.82. The lowest BCUT2D eigenvalue weighted by molar-refractivity contribution is -0.276. The number of carbonyl (C=O) groups excluding carboxylic acids is 2. The average molecular weight is 572 g/mol. The van der Waals surface area contributed by atoms with E-state index in [1.54, 1.807) is 31.2 Å². The fourth-order valence-electron chi connectivity index (χ4n) is 4.30. The number of hydrogen-bond acceptors (Lipinski definition) is 4. The van der Waals surface area contributed by atoms with Gasteiger partial charge in [0.1, 0.15) is 0 Å². The number of hydrogen-bond donors (Lipinski definition) is 2. The number of carbonyl (C=O) groups is 2. The molecule has 2 N–H and O–H groups in total. The molecular weight excluding hydrogens is 552 g/mol. The molecule has 0 aliphatic carbocycles. The third kappa shape index (κ3) is 5.51. The Kier molecular flexibility index (Phi) is 7.53. The van der Waals surface area contributed by atoms with Crippen molar-refractivity contribution in [2.24, 2.45) is 5.16 Å². The molecule has 0 bridgehead atoms. The van der Waals surface area contributed by atoms with Crippen LogP contribution in [-0.2, 0) is 21.4 Å². The molecular formula is C26H20ClF6N3O3. The van der Waals surface area contributed by atoms with Gasteiger partial charge >= 0.3 is 12.4 Å². The van der Waals surface area contributed by atoms with E-state index in [9.17, 15) is 35.9 Å². The third-order valence-electron chi connectivity index (χ3n) is 6.14. The second kappa shape index (κ2) is 10.4. The number of nitrogens with zero attached hydrogens (tertiary/aromatic N) is 1. The van der Waals surface area contributed by atoms with E-state index in [1.165, 1.54) is 12.1 Å². The van der Waals surface area contributed by atoms with E-state index in [-0.39, 0.29) is 23.4 Å². The molecule has 1 unspecified atom stereocenters. The van der Waals surface area contributed by atoms with Crippen LogP contribution in [-0.4, -0.2) is 36.8 Å². The van der Waals surface area contributed by atoms with Gasteiger partial charge in [0.2, 0.25) is 5.91 Å². The molecule has 39 heavy (non-hydrogen) atoms. The largest absolute Gasteiger partial charge is 0.435 e. The van der Waals surface area contributed by atoms with Crippen molar-refractivity contribution in [3.63, 3.8) is 0 Å². The Labute approximate surface area is 222 Å². The Hall–Kier alpha value is -3.80. The average Bonchev–Trinajstić information content (AvgIpc) is 3.33. The second-order valence-electron chi connectivity index (χ2n) is 8.70. The first-order valence-corrected chi connectivity index (χ1v) is 11.9. The van der Waals surface area contributed by atoms with Gasteiger partial charge in [-0.2, -0.15) is 26.3 Å². The van der Waals surface area contributed by atoms with Gasteiger partial charge in [-0.05, 0) is 42.0 Å². The Balaban J connectivity index is 1.73. The summed E-state index contributed by atoms with van der Waals surface area (Å²) >= 11 is 5.76. The number of likely N-dealkylation sites (N-methyl/N-ethyl adjacent to an activating group) is 1. The van der Waals surface area contributed by atoms with E-state index in [0.29, 0.717) is 29.4 Å². The summed E-state index contributed by atoms with van der Waals surface area (Å²) in [7, 11) is 0. The second-order valence-corrected chi connectivity index (χ2v) is 9.14. The van der Waals surface area contributed by atoms with E-state index in [0.717, 1.165) is 6.07 Å². The summed E-state index contributed by atoms with van der Waals surface area (Å²) in [4.78, 5) is 29.4. The fraction of sp³-hybridized carbons (Fsp3) is 0.269. The molecule has 3 aromatic carbocycles. The van der Waals surface area contributed by atoms with E-state index in [1.807, 2.05) is 0 Å². The molecule has 0 aromatic heterocycles. The Bertz CT molecular complexity index is 1470. The van der Waals surface area contributed by atoms with Crippen LogP contribution in [0.25, 0.3) is 10.8 Å². The van der Waals surface area contributed by atoms with Crippen LogP contribution in [0.1, 0.15) is 40.4 Å². The highest BCUT2D eigenvalue weighted by atomic mass is 35.5. The molecule has 3 aromatic rings. The van der Waals surface area contributed by atoms with Crippen molar-refractivity contribution in [1.82, 2.24) is 10.6 Å². The van der Waals surface area contributed by atoms with Gasteiger partial charge in [0.15, 0.2) is 0 Å². The molecule has 0 fully saturated rings. The summed E-state index contributed by atoms with van der Waals surface area (Å²) < 4.78 is 83.3. The fourth-order valence-corrected chi connectivity index (χ4v) is 4.53. The van der Waals surface area contributed by atoms with Gasteiger partial charge in [-0.3, -0.25) is 9.59 Å². The zero-order chi connectivity index (χ0) is 28.6. The molecule has 6 nitrogen and oxygen atoms in total. The minimum absolute atomic E-state index is 0.157. The van der Waals surface area contributed by atoms with Crippen molar-refractivity contribution >= 4 is 39.9 Å².